The van der Waals surface area contributed by atoms with E-state index >= 15 is 0 Å². The first-order chi connectivity index (χ1) is 11.8. The molecule has 0 bridgehead atoms. The van der Waals surface area contributed by atoms with Gasteiger partial charge in [-0.05, 0) is 42.5 Å². The molecule has 0 aliphatic rings. The smallest absolute Gasteiger partial charge is 0.340 e. The Bertz CT molecular complexity index is 871. The minimum atomic E-state index is -4.40. The van der Waals surface area contributed by atoms with E-state index in [9.17, 15) is 22.0 Å². The van der Waals surface area contributed by atoms with Crippen LogP contribution in [0.4, 0.5) is 33.5 Å². The highest BCUT2D eigenvalue weighted by Crippen LogP contribution is 2.30. The molecule has 0 aliphatic carbocycles. The van der Waals surface area contributed by atoms with Gasteiger partial charge in [0.05, 0.1) is 5.56 Å². The molecule has 1 heterocycles. The Morgan fingerprint density at radius 1 is 0.840 bits per heavy atom. The number of aromatic nitrogens is 1. The number of alkyl halides is 3. The molecule has 128 valence electrons. The lowest BCUT2D eigenvalue weighted by atomic mass is 10.1. The maximum absolute atomic E-state index is 13.8. The number of hydrogen-bond donors (Lipinski definition) is 1. The fourth-order valence-electron chi connectivity index (χ4n) is 2.24. The minimum absolute atomic E-state index is 0.0774. The van der Waals surface area contributed by atoms with Crippen LogP contribution in [0.2, 0.25) is 0 Å². The molecule has 2 nitrogen and oxygen atoms in total. The third-order valence-electron chi connectivity index (χ3n) is 3.51. The van der Waals surface area contributed by atoms with Gasteiger partial charge in [0.25, 0.3) is 0 Å². The summed E-state index contributed by atoms with van der Waals surface area (Å²) in [6.07, 6.45) is -3.04. The SMILES string of the molecule is Fc1cccc(-c2ccc(Nc3ccc(C(F)(F)F)cc3)nc2)c1F. The number of halogens is 5. The van der Waals surface area contributed by atoms with E-state index in [1.54, 1.807) is 0 Å². The Hall–Kier alpha value is -2.96. The Morgan fingerprint density at radius 2 is 1.56 bits per heavy atom. The molecule has 3 aromatic rings. The van der Waals surface area contributed by atoms with E-state index in [-0.39, 0.29) is 5.56 Å². The minimum Gasteiger partial charge on any atom is -0.340 e. The van der Waals surface area contributed by atoms with Crippen molar-refractivity contribution in [2.75, 3.05) is 5.32 Å². The van der Waals surface area contributed by atoms with Crippen LogP contribution in [0.15, 0.2) is 60.8 Å². The number of nitrogens with zero attached hydrogens (tertiary/aromatic N) is 1. The molecule has 0 fully saturated rings. The van der Waals surface area contributed by atoms with Crippen molar-refractivity contribution in [2.45, 2.75) is 6.18 Å². The molecule has 0 saturated heterocycles. The molecular formula is C18H11F5N2. The molecule has 0 amide bonds. The molecule has 0 aliphatic heterocycles. The van der Waals surface area contributed by atoms with E-state index in [4.69, 9.17) is 0 Å². The van der Waals surface area contributed by atoms with E-state index in [2.05, 4.69) is 10.3 Å². The van der Waals surface area contributed by atoms with Crippen molar-refractivity contribution in [1.29, 1.82) is 0 Å². The van der Waals surface area contributed by atoms with Crippen molar-refractivity contribution in [2.24, 2.45) is 0 Å². The molecule has 0 atom stereocenters. The van der Waals surface area contributed by atoms with E-state index in [1.165, 1.54) is 42.6 Å². The highest BCUT2D eigenvalue weighted by Gasteiger charge is 2.29. The first-order valence-electron chi connectivity index (χ1n) is 7.19. The lowest BCUT2D eigenvalue weighted by Crippen LogP contribution is -2.04. The first-order valence-corrected chi connectivity index (χ1v) is 7.19. The predicted molar refractivity (Wildman–Crippen MR) is 84.3 cm³/mol. The summed E-state index contributed by atoms with van der Waals surface area (Å²) in [6, 6.07) is 11.4. The van der Waals surface area contributed by atoms with E-state index in [0.29, 0.717) is 17.1 Å². The second-order valence-corrected chi connectivity index (χ2v) is 5.23. The topological polar surface area (TPSA) is 24.9 Å². The van der Waals surface area contributed by atoms with Gasteiger partial charge in [0.15, 0.2) is 11.6 Å². The molecular weight excluding hydrogens is 339 g/mol. The van der Waals surface area contributed by atoms with Gasteiger partial charge in [-0.2, -0.15) is 13.2 Å². The lowest BCUT2D eigenvalue weighted by Gasteiger charge is -2.10. The lowest BCUT2D eigenvalue weighted by molar-refractivity contribution is -0.137. The van der Waals surface area contributed by atoms with Gasteiger partial charge >= 0.3 is 6.18 Å². The maximum Gasteiger partial charge on any atom is 0.416 e. The Kier molecular flexibility index (Phi) is 4.39. The van der Waals surface area contributed by atoms with Gasteiger partial charge in [-0.1, -0.05) is 12.1 Å². The molecule has 0 saturated carbocycles. The second-order valence-electron chi connectivity index (χ2n) is 5.23. The molecule has 2 aromatic carbocycles. The Labute approximate surface area is 140 Å². The van der Waals surface area contributed by atoms with Gasteiger partial charge in [0, 0.05) is 23.0 Å². The standard InChI is InChI=1S/C18H11F5N2/c19-15-3-1-2-14(17(15)20)11-4-9-16(24-10-11)25-13-7-5-12(6-8-13)18(21,22)23/h1-10H,(H,24,25). The summed E-state index contributed by atoms with van der Waals surface area (Å²) in [7, 11) is 0. The van der Waals surface area contributed by atoms with Gasteiger partial charge in [-0.25, -0.2) is 13.8 Å². The number of benzene rings is 2. The van der Waals surface area contributed by atoms with Crippen molar-refractivity contribution in [3.63, 3.8) is 0 Å². The maximum atomic E-state index is 13.8. The number of pyridine rings is 1. The average molecular weight is 350 g/mol. The zero-order chi connectivity index (χ0) is 18.0. The van der Waals surface area contributed by atoms with Crippen LogP contribution in [0.1, 0.15) is 5.56 Å². The summed E-state index contributed by atoms with van der Waals surface area (Å²) < 4.78 is 64.6. The Balaban J connectivity index is 1.78. The van der Waals surface area contributed by atoms with E-state index in [0.717, 1.165) is 18.2 Å². The van der Waals surface area contributed by atoms with Crippen LogP contribution >= 0.6 is 0 Å². The Morgan fingerprint density at radius 3 is 2.16 bits per heavy atom. The number of nitrogens with one attached hydrogen (secondary N) is 1. The van der Waals surface area contributed by atoms with Gasteiger partial charge in [0.1, 0.15) is 5.82 Å². The largest absolute Gasteiger partial charge is 0.416 e. The molecule has 0 unspecified atom stereocenters. The van der Waals surface area contributed by atoms with E-state index in [1.807, 2.05) is 0 Å². The summed E-state index contributed by atoms with van der Waals surface area (Å²) in [5, 5.41) is 2.84. The zero-order valence-electron chi connectivity index (χ0n) is 12.6. The summed E-state index contributed by atoms with van der Waals surface area (Å²) in [4.78, 5) is 4.07. The van der Waals surface area contributed by atoms with Crippen molar-refractivity contribution >= 4 is 11.5 Å². The average Bonchev–Trinajstić information content (AvgIpc) is 2.58. The molecule has 1 N–H and O–H groups in total. The molecule has 1 aromatic heterocycles. The molecule has 3 rings (SSSR count). The summed E-state index contributed by atoms with van der Waals surface area (Å²) in [5.41, 5.74) is 0.136. The van der Waals surface area contributed by atoms with Crippen molar-refractivity contribution in [1.82, 2.24) is 4.98 Å². The second kappa shape index (κ2) is 6.51. The van der Waals surface area contributed by atoms with Gasteiger partial charge in [-0.3, -0.25) is 0 Å². The van der Waals surface area contributed by atoms with Gasteiger partial charge in [0.2, 0.25) is 0 Å². The molecule has 7 heteroatoms. The van der Waals surface area contributed by atoms with Crippen molar-refractivity contribution in [3.05, 3.63) is 78.0 Å². The van der Waals surface area contributed by atoms with Crippen LogP contribution in [0.3, 0.4) is 0 Å². The molecule has 25 heavy (non-hydrogen) atoms. The third-order valence-corrected chi connectivity index (χ3v) is 3.51. The monoisotopic (exact) mass is 350 g/mol. The molecule has 0 radical (unpaired) electrons. The zero-order valence-corrected chi connectivity index (χ0v) is 12.6. The van der Waals surface area contributed by atoms with Crippen LogP contribution in [0.25, 0.3) is 11.1 Å². The fourth-order valence-corrected chi connectivity index (χ4v) is 2.24. The number of anilines is 2. The quantitative estimate of drug-likeness (QED) is 0.605. The van der Waals surface area contributed by atoms with Gasteiger partial charge in [-0.15, -0.1) is 0 Å². The summed E-state index contributed by atoms with van der Waals surface area (Å²) in [5.74, 6) is -1.56. The summed E-state index contributed by atoms with van der Waals surface area (Å²) >= 11 is 0. The first kappa shape index (κ1) is 16.9. The number of hydrogen-bond acceptors (Lipinski definition) is 2. The van der Waals surface area contributed by atoms with Crippen LogP contribution < -0.4 is 5.32 Å². The highest BCUT2D eigenvalue weighted by atomic mass is 19.4. The van der Waals surface area contributed by atoms with Crippen LogP contribution in [-0.2, 0) is 6.18 Å². The normalized spacial score (nSPS) is 11.4. The molecule has 0 spiro atoms. The van der Waals surface area contributed by atoms with Crippen molar-refractivity contribution in [3.8, 4) is 11.1 Å². The van der Waals surface area contributed by atoms with E-state index < -0.39 is 23.4 Å². The van der Waals surface area contributed by atoms with Crippen LogP contribution in [0, 0.1) is 11.6 Å². The van der Waals surface area contributed by atoms with Crippen LogP contribution in [0.5, 0.6) is 0 Å². The van der Waals surface area contributed by atoms with Crippen molar-refractivity contribution < 1.29 is 22.0 Å². The summed E-state index contributed by atoms with van der Waals surface area (Å²) in [6.45, 7) is 0. The van der Waals surface area contributed by atoms with Gasteiger partial charge < -0.3 is 5.32 Å². The van der Waals surface area contributed by atoms with Crippen LogP contribution in [-0.4, -0.2) is 4.98 Å². The predicted octanol–water partition coefficient (Wildman–Crippen LogP) is 5.79. The number of rotatable bonds is 3. The third kappa shape index (κ3) is 3.76. The fraction of sp³-hybridized carbons (Fsp3) is 0.0556. The highest BCUT2D eigenvalue weighted by molar-refractivity contribution is 5.66.